The molecule has 0 aromatic carbocycles. The number of nitrogens with zero attached hydrogens (tertiary/aromatic N) is 2. The molecule has 1 unspecified atom stereocenters. The third-order valence-electron chi connectivity index (χ3n) is 5.06. The summed E-state index contributed by atoms with van der Waals surface area (Å²) < 4.78 is 5.25. The van der Waals surface area contributed by atoms with Gasteiger partial charge in [-0.15, -0.1) is 0 Å². The van der Waals surface area contributed by atoms with Crippen LogP contribution in [-0.4, -0.2) is 49.8 Å². The maximum absolute atomic E-state index is 9.54. The lowest BCUT2D eigenvalue weighted by molar-refractivity contribution is 0.0980. The number of hydrogen-bond donors (Lipinski definition) is 1. The van der Waals surface area contributed by atoms with Gasteiger partial charge < -0.3 is 9.64 Å². The summed E-state index contributed by atoms with van der Waals surface area (Å²) in [6, 6.07) is 3.16. The summed E-state index contributed by atoms with van der Waals surface area (Å²) in [5.41, 5.74) is -0.282. The lowest BCUT2D eigenvalue weighted by Crippen LogP contribution is -2.45. The van der Waals surface area contributed by atoms with Gasteiger partial charge in [0.2, 0.25) is 0 Å². The minimum absolute atomic E-state index is 0.282. The predicted molar refractivity (Wildman–Crippen MR) is 85.1 cm³/mol. The quantitative estimate of drug-likeness (QED) is 0.710. The van der Waals surface area contributed by atoms with Crippen LogP contribution in [0.1, 0.15) is 51.9 Å². The Kier molecular flexibility index (Phi) is 6.47. The monoisotopic (exact) mass is 293 g/mol. The van der Waals surface area contributed by atoms with Crippen LogP contribution in [0.3, 0.4) is 0 Å². The van der Waals surface area contributed by atoms with Gasteiger partial charge in [0.15, 0.2) is 0 Å². The number of hydrogen-bond acceptors (Lipinski definition) is 4. The minimum atomic E-state index is -0.282. The number of methoxy groups -OCH3 is 1. The average Bonchev–Trinajstić information content (AvgIpc) is 3.32. The average molecular weight is 293 g/mol. The Morgan fingerprint density at radius 3 is 2.52 bits per heavy atom. The van der Waals surface area contributed by atoms with Crippen LogP contribution in [0.4, 0.5) is 0 Å². The van der Waals surface area contributed by atoms with Crippen LogP contribution in [0.2, 0.25) is 0 Å². The van der Waals surface area contributed by atoms with Crippen molar-refractivity contribution in [1.29, 1.82) is 5.26 Å². The summed E-state index contributed by atoms with van der Waals surface area (Å²) in [5, 5.41) is 13.1. The van der Waals surface area contributed by atoms with Crippen molar-refractivity contribution >= 4 is 0 Å². The molecule has 4 nitrogen and oxygen atoms in total. The Balaban J connectivity index is 1.67. The minimum Gasteiger partial charge on any atom is -0.384 e. The van der Waals surface area contributed by atoms with E-state index in [0.29, 0.717) is 6.04 Å². The van der Waals surface area contributed by atoms with Crippen molar-refractivity contribution in [3.63, 3.8) is 0 Å². The molecule has 0 aromatic heterocycles. The molecule has 120 valence electrons. The molecule has 2 fully saturated rings. The summed E-state index contributed by atoms with van der Waals surface area (Å²) in [5.74, 6) is 0.747. The van der Waals surface area contributed by atoms with Gasteiger partial charge in [0.1, 0.15) is 5.54 Å². The number of nitriles is 1. The van der Waals surface area contributed by atoms with E-state index >= 15 is 0 Å². The molecule has 1 atom stereocenters. The van der Waals surface area contributed by atoms with E-state index < -0.39 is 0 Å². The lowest BCUT2D eigenvalue weighted by Gasteiger charge is -2.33. The molecule has 0 bridgehead atoms. The van der Waals surface area contributed by atoms with Crippen molar-refractivity contribution in [2.45, 2.75) is 63.5 Å². The Bertz CT molecular complexity index is 342. The molecule has 4 heteroatoms. The van der Waals surface area contributed by atoms with Crippen LogP contribution in [0.5, 0.6) is 0 Å². The fourth-order valence-electron chi connectivity index (χ4n) is 3.35. The Morgan fingerprint density at radius 2 is 2.00 bits per heavy atom. The number of ether oxygens (including phenoxy) is 1. The van der Waals surface area contributed by atoms with Crippen LogP contribution in [-0.2, 0) is 4.74 Å². The van der Waals surface area contributed by atoms with Crippen LogP contribution in [0, 0.1) is 17.2 Å². The highest BCUT2D eigenvalue weighted by molar-refractivity contribution is 5.09. The van der Waals surface area contributed by atoms with Crippen LogP contribution < -0.4 is 5.32 Å². The number of rotatable bonds is 9. The third kappa shape index (κ3) is 5.25. The molecule has 1 heterocycles. The van der Waals surface area contributed by atoms with E-state index in [4.69, 9.17) is 4.74 Å². The topological polar surface area (TPSA) is 48.3 Å². The van der Waals surface area contributed by atoms with Gasteiger partial charge in [0.05, 0.1) is 6.07 Å². The first-order valence-electron chi connectivity index (χ1n) is 8.61. The van der Waals surface area contributed by atoms with Gasteiger partial charge in [0.25, 0.3) is 0 Å². The fourth-order valence-corrected chi connectivity index (χ4v) is 3.35. The molecule has 0 amide bonds. The van der Waals surface area contributed by atoms with Crippen molar-refractivity contribution in [3.8, 4) is 6.07 Å². The Morgan fingerprint density at radius 1 is 1.29 bits per heavy atom. The standard InChI is InChI=1S/C17H31N3O/c1-3-17(14-18,19-16-5-6-16)9-4-10-20-11-7-15(8-12-20)13-21-2/h15-16,19H,3-13H2,1-2H3. The maximum Gasteiger partial charge on any atom is 0.106 e. The molecule has 0 aromatic rings. The molecule has 1 aliphatic heterocycles. The van der Waals surface area contributed by atoms with Gasteiger partial charge >= 0.3 is 0 Å². The highest BCUT2D eigenvalue weighted by Gasteiger charge is 2.34. The largest absolute Gasteiger partial charge is 0.384 e. The van der Waals surface area contributed by atoms with E-state index in [1.54, 1.807) is 7.11 Å². The normalized spacial score (nSPS) is 23.7. The van der Waals surface area contributed by atoms with Gasteiger partial charge in [-0.2, -0.15) is 5.26 Å². The molecule has 2 aliphatic rings. The molecule has 1 saturated heterocycles. The summed E-state index contributed by atoms with van der Waals surface area (Å²) in [7, 11) is 1.80. The van der Waals surface area contributed by atoms with Crippen LogP contribution >= 0.6 is 0 Å². The highest BCUT2D eigenvalue weighted by Crippen LogP contribution is 2.27. The summed E-state index contributed by atoms with van der Waals surface area (Å²) >= 11 is 0. The molecule has 0 radical (unpaired) electrons. The molecule has 21 heavy (non-hydrogen) atoms. The highest BCUT2D eigenvalue weighted by atomic mass is 16.5. The Hall–Kier alpha value is -0.630. The van der Waals surface area contributed by atoms with Crippen molar-refractivity contribution < 1.29 is 4.74 Å². The van der Waals surface area contributed by atoms with Crippen molar-refractivity contribution in [2.24, 2.45) is 5.92 Å². The van der Waals surface area contributed by atoms with Gasteiger partial charge in [-0.1, -0.05) is 6.92 Å². The summed E-state index contributed by atoms with van der Waals surface area (Å²) in [6.45, 7) is 6.56. The molecule has 1 aliphatic carbocycles. The second kappa shape index (κ2) is 8.12. The van der Waals surface area contributed by atoms with Crippen LogP contribution in [0.15, 0.2) is 0 Å². The second-order valence-corrected chi connectivity index (χ2v) is 6.81. The van der Waals surface area contributed by atoms with E-state index in [1.165, 1.54) is 38.8 Å². The van der Waals surface area contributed by atoms with Crippen molar-refractivity contribution in [2.75, 3.05) is 33.4 Å². The van der Waals surface area contributed by atoms with Crippen molar-refractivity contribution in [3.05, 3.63) is 0 Å². The van der Waals surface area contributed by atoms with E-state index in [0.717, 1.165) is 38.3 Å². The van der Waals surface area contributed by atoms with Gasteiger partial charge in [-0.25, -0.2) is 0 Å². The van der Waals surface area contributed by atoms with E-state index in [9.17, 15) is 5.26 Å². The first kappa shape index (κ1) is 16.7. The maximum atomic E-state index is 9.54. The zero-order valence-electron chi connectivity index (χ0n) is 13.7. The van der Waals surface area contributed by atoms with Gasteiger partial charge in [-0.05, 0) is 70.5 Å². The molecule has 2 rings (SSSR count). The predicted octanol–water partition coefficient (Wildman–Crippen LogP) is 2.55. The van der Waals surface area contributed by atoms with Crippen LogP contribution in [0.25, 0.3) is 0 Å². The zero-order chi connectivity index (χ0) is 15.1. The molecule has 1 N–H and O–H groups in total. The van der Waals surface area contributed by atoms with E-state index in [2.05, 4.69) is 23.2 Å². The Labute approximate surface area is 129 Å². The summed E-state index contributed by atoms with van der Waals surface area (Å²) in [6.07, 6.45) is 8.02. The smallest absolute Gasteiger partial charge is 0.106 e. The first-order valence-corrected chi connectivity index (χ1v) is 8.61. The molecular weight excluding hydrogens is 262 g/mol. The fraction of sp³-hybridized carbons (Fsp3) is 0.941. The number of nitrogens with one attached hydrogen (secondary N) is 1. The third-order valence-corrected chi connectivity index (χ3v) is 5.06. The number of piperidine rings is 1. The van der Waals surface area contributed by atoms with E-state index in [-0.39, 0.29) is 5.54 Å². The zero-order valence-corrected chi connectivity index (χ0v) is 13.7. The SMILES string of the molecule is CCC(C#N)(CCCN1CCC(COC)CC1)NC1CC1. The first-order chi connectivity index (χ1) is 10.2. The number of likely N-dealkylation sites (tertiary alicyclic amines) is 1. The van der Waals surface area contributed by atoms with E-state index in [1.807, 2.05) is 0 Å². The molecule has 0 spiro atoms. The van der Waals surface area contributed by atoms with Crippen molar-refractivity contribution in [1.82, 2.24) is 10.2 Å². The van der Waals surface area contributed by atoms with Gasteiger partial charge in [0, 0.05) is 19.8 Å². The molecular formula is C17H31N3O. The lowest BCUT2D eigenvalue weighted by atomic mass is 9.91. The summed E-state index contributed by atoms with van der Waals surface area (Å²) in [4.78, 5) is 2.56. The second-order valence-electron chi connectivity index (χ2n) is 6.81. The molecule has 1 saturated carbocycles. The van der Waals surface area contributed by atoms with Gasteiger partial charge in [-0.3, -0.25) is 5.32 Å².